The molecular formula is C26H20N2OS. The zero-order valence-electron chi connectivity index (χ0n) is 16.5. The maximum Gasteiger partial charge on any atom is 0.155 e. The molecule has 3 aromatic carbocycles. The molecule has 0 aliphatic rings. The Kier molecular flexibility index (Phi) is 4.91. The summed E-state index contributed by atoms with van der Waals surface area (Å²) in [5.41, 5.74) is 5.33. The van der Waals surface area contributed by atoms with E-state index in [1.165, 1.54) is 0 Å². The molecule has 4 heteroatoms. The molecule has 0 fully saturated rings. The standard InChI is InChI=1S/C26H20N2OS/c1-29-22-16-14-21(15-17-22)28-25(20-11-6-3-7-12-20)24(19-9-4-2-5-10-19)27-26(28)23-13-8-18-30-23/h2-18H,1H3. The van der Waals surface area contributed by atoms with Gasteiger partial charge in [-0.05, 0) is 35.7 Å². The summed E-state index contributed by atoms with van der Waals surface area (Å²) in [5, 5.41) is 2.09. The van der Waals surface area contributed by atoms with E-state index in [0.717, 1.165) is 44.7 Å². The summed E-state index contributed by atoms with van der Waals surface area (Å²) in [6.45, 7) is 0. The van der Waals surface area contributed by atoms with E-state index in [2.05, 4.69) is 82.7 Å². The van der Waals surface area contributed by atoms with Crippen LogP contribution in [0, 0.1) is 0 Å². The third-order valence-electron chi connectivity index (χ3n) is 5.04. The Morgan fingerprint density at radius 1 is 0.733 bits per heavy atom. The van der Waals surface area contributed by atoms with Crippen molar-refractivity contribution >= 4 is 11.3 Å². The molecule has 5 aromatic rings. The predicted octanol–water partition coefficient (Wildman–Crippen LogP) is 6.94. The van der Waals surface area contributed by atoms with E-state index >= 15 is 0 Å². The second-order valence-electron chi connectivity index (χ2n) is 6.88. The highest BCUT2D eigenvalue weighted by atomic mass is 32.1. The molecule has 0 amide bonds. The van der Waals surface area contributed by atoms with Gasteiger partial charge in [-0.3, -0.25) is 4.57 Å². The SMILES string of the molecule is COc1ccc(-n2c(-c3cccs3)nc(-c3ccccc3)c2-c2ccccc2)cc1. The van der Waals surface area contributed by atoms with Crippen molar-refractivity contribution in [3.8, 4) is 44.7 Å². The fourth-order valence-electron chi connectivity index (χ4n) is 3.63. The molecule has 30 heavy (non-hydrogen) atoms. The summed E-state index contributed by atoms with van der Waals surface area (Å²) in [7, 11) is 1.69. The molecule has 2 aromatic heterocycles. The van der Waals surface area contributed by atoms with E-state index in [1.807, 2.05) is 24.3 Å². The fourth-order valence-corrected chi connectivity index (χ4v) is 4.34. The number of hydrogen-bond donors (Lipinski definition) is 0. The van der Waals surface area contributed by atoms with Crippen LogP contribution >= 0.6 is 11.3 Å². The Morgan fingerprint density at radius 3 is 2.00 bits per heavy atom. The lowest BCUT2D eigenvalue weighted by Crippen LogP contribution is -1.99. The van der Waals surface area contributed by atoms with Crippen LogP contribution in [0.2, 0.25) is 0 Å². The van der Waals surface area contributed by atoms with Crippen LogP contribution < -0.4 is 4.74 Å². The molecule has 0 saturated heterocycles. The van der Waals surface area contributed by atoms with Gasteiger partial charge in [0.05, 0.1) is 23.4 Å². The maximum absolute atomic E-state index is 5.37. The lowest BCUT2D eigenvalue weighted by molar-refractivity contribution is 0.415. The summed E-state index contributed by atoms with van der Waals surface area (Å²) in [6.07, 6.45) is 0. The summed E-state index contributed by atoms with van der Waals surface area (Å²) in [6, 6.07) is 33.2. The first-order valence-electron chi connectivity index (χ1n) is 9.77. The molecule has 0 spiro atoms. The quantitative estimate of drug-likeness (QED) is 0.315. The minimum absolute atomic E-state index is 0.834. The van der Waals surface area contributed by atoms with Crippen LogP contribution in [-0.2, 0) is 0 Å². The van der Waals surface area contributed by atoms with Crippen molar-refractivity contribution in [3.05, 3.63) is 102 Å². The first-order chi connectivity index (χ1) is 14.8. The number of ether oxygens (including phenoxy) is 1. The first kappa shape index (κ1) is 18.4. The van der Waals surface area contributed by atoms with Gasteiger partial charge in [0.1, 0.15) is 5.75 Å². The van der Waals surface area contributed by atoms with E-state index in [9.17, 15) is 0 Å². The van der Waals surface area contributed by atoms with E-state index in [1.54, 1.807) is 18.4 Å². The Bertz CT molecular complexity index is 1240. The lowest BCUT2D eigenvalue weighted by atomic mass is 10.0. The predicted molar refractivity (Wildman–Crippen MR) is 124 cm³/mol. The van der Waals surface area contributed by atoms with Gasteiger partial charge in [-0.2, -0.15) is 0 Å². The molecule has 146 valence electrons. The average Bonchev–Trinajstić information content (AvgIpc) is 3.48. The van der Waals surface area contributed by atoms with Crippen molar-refractivity contribution in [1.29, 1.82) is 0 Å². The minimum Gasteiger partial charge on any atom is -0.497 e. The molecule has 0 unspecified atom stereocenters. The number of benzene rings is 3. The number of aromatic nitrogens is 2. The average molecular weight is 409 g/mol. The van der Waals surface area contributed by atoms with Gasteiger partial charge in [0.2, 0.25) is 0 Å². The van der Waals surface area contributed by atoms with Crippen LogP contribution in [0.25, 0.3) is 38.9 Å². The number of thiophene rings is 1. The number of methoxy groups -OCH3 is 1. The van der Waals surface area contributed by atoms with Gasteiger partial charge in [-0.15, -0.1) is 11.3 Å². The number of nitrogens with zero attached hydrogens (tertiary/aromatic N) is 2. The van der Waals surface area contributed by atoms with Crippen LogP contribution in [0.3, 0.4) is 0 Å². The summed E-state index contributed by atoms with van der Waals surface area (Å²) < 4.78 is 7.63. The Balaban J connectivity index is 1.85. The fraction of sp³-hybridized carbons (Fsp3) is 0.0385. The smallest absolute Gasteiger partial charge is 0.155 e. The van der Waals surface area contributed by atoms with Crippen molar-refractivity contribution in [2.45, 2.75) is 0 Å². The number of imidazole rings is 1. The van der Waals surface area contributed by atoms with Crippen LogP contribution in [0.4, 0.5) is 0 Å². The largest absolute Gasteiger partial charge is 0.497 e. The summed E-state index contributed by atoms with van der Waals surface area (Å²) >= 11 is 1.70. The molecule has 0 aliphatic heterocycles. The van der Waals surface area contributed by atoms with E-state index < -0.39 is 0 Å². The monoisotopic (exact) mass is 408 g/mol. The Morgan fingerprint density at radius 2 is 1.40 bits per heavy atom. The van der Waals surface area contributed by atoms with Crippen molar-refractivity contribution in [2.75, 3.05) is 7.11 Å². The van der Waals surface area contributed by atoms with Gasteiger partial charge in [-0.25, -0.2) is 4.98 Å². The van der Waals surface area contributed by atoms with Gasteiger partial charge in [0.15, 0.2) is 5.82 Å². The lowest BCUT2D eigenvalue weighted by Gasteiger charge is -2.13. The highest BCUT2D eigenvalue weighted by Gasteiger charge is 2.22. The number of hydrogen-bond acceptors (Lipinski definition) is 3. The van der Waals surface area contributed by atoms with Crippen LogP contribution in [0.15, 0.2) is 102 Å². The molecule has 0 atom stereocenters. The van der Waals surface area contributed by atoms with Crippen molar-refractivity contribution < 1.29 is 4.74 Å². The zero-order valence-corrected chi connectivity index (χ0v) is 17.3. The van der Waals surface area contributed by atoms with Gasteiger partial charge < -0.3 is 4.74 Å². The molecular weight excluding hydrogens is 388 g/mol. The Labute approximate surface area is 179 Å². The van der Waals surface area contributed by atoms with Crippen molar-refractivity contribution in [3.63, 3.8) is 0 Å². The molecule has 0 N–H and O–H groups in total. The molecule has 0 radical (unpaired) electrons. The molecule has 3 nitrogen and oxygen atoms in total. The second kappa shape index (κ2) is 8.01. The van der Waals surface area contributed by atoms with E-state index in [0.29, 0.717) is 0 Å². The molecule has 5 rings (SSSR count). The van der Waals surface area contributed by atoms with Crippen molar-refractivity contribution in [1.82, 2.24) is 9.55 Å². The highest BCUT2D eigenvalue weighted by molar-refractivity contribution is 7.13. The maximum atomic E-state index is 5.37. The zero-order chi connectivity index (χ0) is 20.3. The molecule has 0 saturated carbocycles. The van der Waals surface area contributed by atoms with Gasteiger partial charge in [-0.1, -0.05) is 66.7 Å². The second-order valence-corrected chi connectivity index (χ2v) is 7.82. The highest BCUT2D eigenvalue weighted by Crippen LogP contribution is 2.39. The summed E-state index contributed by atoms with van der Waals surface area (Å²) in [5.74, 6) is 1.77. The van der Waals surface area contributed by atoms with Crippen molar-refractivity contribution in [2.24, 2.45) is 0 Å². The molecule has 0 aliphatic carbocycles. The van der Waals surface area contributed by atoms with Crippen LogP contribution in [0.1, 0.15) is 0 Å². The third kappa shape index (κ3) is 3.31. The molecule has 0 bridgehead atoms. The van der Waals surface area contributed by atoms with Gasteiger partial charge in [0.25, 0.3) is 0 Å². The summed E-state index contributed by atoms with van der Waals surface area (Å²) in [4.78, 5) is 6.29. The van der Waals surface area contributed by atoms with Crippen LogP contribution in [0.5, 0.6) is 5.75 Å². The van der Waals surface area contributed by atoms with E-state index in [4.69, 9.17) is 9.72 Å². The topological polar surface area (TPSA) is 27.1 Å². The third-order valence-corrected chi connectivity index (χ3v) is 5.91. The number of rotatable bonds is 5. The normalized spacial score (nSPS) is 10.8. The van der Waals surface area contributed by atoms with Gasteiger partial charge in [0, 0.05) is 16.8 Å². The Hall–Kier alpha value is -3.63. The first-order valence-corrected chi connectivity index (χ1v) is 10.6. The van der Waals surface area contributed by atoms with E-state index in [-0.39, 0.29) is 0 Å². The molecule has 2 heterocycles. The van der Waals surface area contributed by atoms with Gasteiger partial charge >= 0.3 is 0 Å². The minimum atomic E-state index is 0.834. The van der Waals surface area contributed by atoms with Crippen LogP contribution in [-0.4, -0.2) is 16.7 Å².